The van der Waals surface area contributed by atoms with Gasteiger partial charge in [-0.15, -0.1) is 0 Å². The number of para-hydroxylation sites is 1. The van der Waals surface area contributed by atoms with Crippen LogP contribution in [0.1, 0.15) is 80.6 Å². The number of unbranched alkanes of at least 4 members (excludes halogenated alkanes) is 8. The van der Waals surface area contributed by atoms with E-state index in [0.717, 1.165) is 12.8 Å². The molecule has 0 aliphatic heterocycles. The Hall–Kier alpha value is -2.49. The van der Waals surface area contributed by atoms with Crippen LogP contribution in [0.5, 0.6) is 17.2 Å². The molecule has 2 N–H and O–H groups in total. The van der Waals surface area contributed by atoms with E-state index in [-0.39, 0.29) is 22.6 Å². The van der Waals surface area contributed by atoms with Gasteiger partial charge < -0.3 is 14.9 Å². The van der Waals surface area contributed by atoms with Gasteiger partial charge in [0, 0.05) is 6.07 Å². The van der Waals surface area contributed by atoms with Crippen LogP contribution >= 0.6 is 0 Å². The van der Waals surface area contributed by atoms with Crippen LogP contribution in [0, 0.1) is 0 Å². The van der Waals surface area contributed by atoms with E-state index in [0.29, 0.717) is 12.4 Å². The fourth-order valence-corrected chi connectivity index (χ4v) is 3.21. The fraction of sp³-hybridized carbons (Fsp3) is 0.458. The van der Waals surface area contributed by atoms with Crippen molar-refractivity contribution in [1.29, 1.82) is 0 Å². The van der Waals surface area contributed by atoms with E-state index in [1.54, 1.807) is 18.2 Å². The van der Waals surface area contributed by atoms with Crippen molar-refractivity contribution in [1.82, 2.24) is 0 Å². The fourth-order valence-electron chi connectivity index (χ4n) is 3.21. The third-order valence-corrected chi connectivity index (χ3v) is 4.88. The maximum Gasteiger partial charge on any atom is 0.200 e. The van der Waals surface area contributed by atoms with Crippen molar-refractivity contribution in [3.8, 4) is 17.2 Å². The molecule has 152 valence electrons. The molecule has 0 aromatic heterocycles. The van der Waals surface area contributed by atoms with Crippen LogP contribution < -0.4 is 4.74 Å². The van der Waals surface area contributed by atoms with Crippen molar-refractivity contribution >= 4 is 5.78 Å². The Morgan fingerprint density at radius 1 is 0.786 bits per heavy atom. The molecular formula is C24H32O4. The Morgan fingerprint density at radius 2 is 1.39 bits per heavy atom. The van der Waals surface area contributed by atoms with Gasteiger partial charge in [-0.25, -0.2) is 0 Å². The lowest BCUT2D eigenvalue weighted by atomic mass is 10.0. The van der Waals surface area contributed by atoms with Crippen LogP contribution in [0.4, 0.5) is 0 Å². The Bertz CT molecular complexity index is 739. The van der Waals surface area contributed by atoms with Gasteiger partial charge in [0.25, 0.3) is 0 Å². The molecular weight excluding hydrogens is 352 g/mol. The molecule has 0 saturated heterocycles. The van der Waals surface area contributed by atoms with Gasteiger partial charge in [-0.3, -0.25) is 4.79 Å². The zero-order chi connectivity index (χ0) is 20.2. The summed E-state index contributed by atoms with van der Waals surface area (Å²) in [7, 11) is 0. The molecule has 0 radical (unpaired) electrons. The molecule has 2 aromatic carbocycles. The zero-order valence-corrected chi connectivity index (χ0v) is 16.8. The van der Waals surface area contributed by atoms with E-state index < -0.39 is 5.78 Å². The largest absolute Gasteiger partial charge is 0.507 e. The third-order valence-electron chi connectivity index (χ3n) is 4.88. The topological polar surface area (TPSA) is 66.8 Å². The zero-order valence-electron chi connectivity index (χ0n) is 16.8. The summed E-state index contributed by atoms with van der Waals surface area (Å²) >= 11 is 0. The van der Waals surface area contributed by atoms with E-state index in [9.17, 15) is 15.0 Å². The summed E-state index contributed by atoms with van der Waals surface area (Å²) in [6, 6.07) is 11.0. The lowest BCUT2D eigenvalue weighted by Crippen LogP contribution is -2.03. The average molecular weight is 385 g/mol. The van der Waals surface area contributed by atoms with Gasteiger partial charge in [0.1, 0.15) is 17.2 Å². The van der Waals surface area contributed by atoms with Crippen molar-refractivity contribution in [3.63, 3.8) is 0 Å². The summed E-state index contributed by atoms with van der Waals surface area (Å²) in [4.78, 5) is 12.5. The molecule has 4 nitrogen and oxygen atoms in total. The van der Waals surface area contributed by atoms with Crippen LogP contribution in [0.2, 0.25) is 0 Å². The van der Waals surface area contributed by atoms with E-state index in [4.69, 9.17) is 4.74 Å². The number of carbonyl (C=O) groups is 1. The SMILES string of the molecule is CCCCCCCCCCCOc1ccc(C(=O)c2ccccc2O)c(O)c1. The number of benzene rings is 2. The Kier molecular flexibility index (Phi) is 9.40. The molecule has 0 saturated carbocycles. The molecule has 0 aliphatic rings. The van der Waals surface area contributed by atoms with Gasteiger partial charge >= 0.3 is 0 Å². The molecule has 0 aliphatic carbocycles. The number of ether oxygens (including phenoxy) is 1. The summed E-state index contributed by atoms with van der Waals surface area (Å²) in [5.41, 5.74) is 0.318. The number of hydrogen-bond acceptors (Lipinski definition) is 4. The van der Waals surface area contributed by atoms with Crippen LogP contribution in [-0.2, 0) is 0 Å². The number of rotatable bonds is 13. The van der Waals surface area contributed by atoms with Crippen LogP contribution in [0.15, 0.2) is 42.5 Å². The predicted octanol–water partition coefficient (Wildman–Crippen LogP) is 6.24. The Balaban J connectivity index is 1.73. The average Bonchev–Trinajstić information content (AvgIpc) is 2.69. The van der Waals surface area contributed by atoms with E-state index in [1.165, 1.54) is 69.2 Å². The third kappa shape index (κ3) is 6.91. The van der Waals surface area contributed by atoms with Gasteiger partial charge in [-0.2, -0.15) is 0 Å². The highest BCUT2D eigenvalue weighted by Crippen LogP contribution is 2.28. The predicted molar refractivity (Wildman–Crippen MR) is 112 cm³/mol. The first-order valence-electron chi connectivity index (χ1n) is 10.4. The first kappa shape index (κ1) is 21.8. The second kappa shape index (κ2) is 12.1. The summed E-state index contributed by atoms with van der Waals surface area (Å²) in [5, 5.41) is 20.0. The standard InChI is InChI=1S/C24H32O4/c1-2-3-4-5-6-7-8-9-12-17-28-19-15-16-21(23(26)18-19)24(27)20-13-10-11-14-22(20)25/h10-11,13-16,18,25-26H,2-9,12,17H2,1H3. The monoisotopic (exact) mass is 384 g/mol. The minimum Gasteiger partial charge on any atom is -0.507 e. The number of phenolic OH excluding ortho intramolecular Hbond substituents is 2. The van der Waals surface area contributed by atoms with Gasteiger partial charge in [0.15, 0.2) is 5.78 Å². The molecule has 0 bridgehead atoms. The summed E-state index contributed by atoms with van der Waals surface area (Å²) in [5.74, 6) is -0.109. The highest BCUT2D eigenvalue weighted by Gasteiger charge is 2.17. The molecule has 2 rings (SSSR count). The highest BCUT2D eigenvalue weighted by molar-refractivity contribution is 6.12. The van der Waals surface area contributed by atoms with Crippen molar-refractivity contribution in [2.45, 2.75) is 64.7 Å². The second-order valence-corrected chi connectivity index (χ2v) is 7.20. The van der Waals surface area contributed by atoms with Crippen LogP contribution in [0.25, 0.3) is 0 Å². The first-order valence-corrected chi connectivity index (χ1v) is 10.4. The quantitative estimate of drug-likeness (QED) is 0.317. The van der Waals surface area contributed by atoms with E-state index in [2.05, 4.69) is 6.92 Å². The molecule has 2 aromatic rings. The Morgan fingerprint density at radius 3 is 2.04 bits per heavy atom. The number of carbonyl (C=O) groups excluding carboxylic acids is 1. The number of ketones is 1. The molecule has 4 heteroatoms. The van der Waals surface area contributed by atoms with E-state index in [1.807, 2.05) is 0 Å². The molecule has 0 unspecified atom stereocenters. The Labute approximate surface area is 168 Å². The maximum absolute atomic E-state index is 12.5. The normalized spacial score (nSPS) is 10.8. The molecule has 28 heavy (non-hydrogen) atoms. The van der Waals surface area contributed by atoms with Crippen LogP contribution in [-0.4, -0.2) is 22.6 Å². The number of aromatic hydroxyl groups is 2. The van der Waals surface area contributed by atoms with Crippen molar-refractivity contribution in [2.24, 2.45) is 0 Å². The molecule has 0 amide bonds. The van der Waals surface area contributed by atoms with Gasteiger partial charge in [0.05, 0.1) is 17.7 Å². The number of phenols is 2. The maximum atomic E-state index is 12.5. The van der Waals surface area contributed by atoms with Crippen molar-refractivity contribution in [2.75, 3.05) is 6.61 Å². The minimum absolute atomic E-state index is 0.0995. The second-order valence-electron chi connectivity index (χ2n) is 7.20. The van der Waals surface area contributed by atoms with Gasteiger partial charge in [-0.1, -0.05) is 70.4 Å². The molecule has 0 spiro atoms. The first-order chi connectivity index (χ1) is 13.6. The molecule has 0 heterocycles. The lowest BCUT2D eigenvalue weighted by Gasteiger charge is -2.10. The molecule has 0 fully saturated rings. The van der Waals surface area contributed by atoms with Crippen LogP contribution in [0.3, 0.4) is 0 Å². The van der Waals surface area contributed by atoms with Crippen molar-refractivity contribution in [3.05, 3.63) is 53.6 Å². The minimum atomic E-state index is -0.416. The summed E-state index contributed by atoms with van der Waals surface area (Å²) < 4.78 is 5.69. The van der Waals surface area contributed by atoms with Gasteiger partial charge in [-0.05, 0) is 30.7 Å². The van der Waals surface area contributed by atoms with Crippen molar-refractivity contribution < 1.29 is 19.7 Å². The highest BCUT2D eigenvalue weighted by atomic mass is 16.5. The summed E-state index contributed by atoms with van der Waals surface area (Å²) in [6.45, 7) is 2.83. The van der Waals surface area contributed by atoms with E-state index >= 15 is 0 Å². The molecule has 0 atom stereocenters. The smallest absolute Gasteiger partial charge is 0.200 e. The number of hydrogen-bond donors (Lipinski definition) is 2. The van der Waals surface area contributed by atoms with Gasteiger partial charge in [0.2, 0.25) is 0 Å². The lowest BCUT2D eigenvalue weighted by molar-refractivity contribution is 0.103. The summed E-state index contributed by atoms with van der Waals surface area (Å²) in [6.07, 6.45) is 11.3.